The maximum Gasteiger partial charge on any atom is 0.186 e. The molecule has 0 bridgehead atoms. The summed E-state index contributed by atoms with van der Waals surface area (Å²) in [7, 11) is 0. The lowest BCUT2D eigenvalue weighted by atomic mass is 9.99. The van der Waals surface area contributed by atoms with E-state index in [1.807, 2.05) is 0 Å². The Morgan fingerprint density at radius 1 is 1.41 bits per heavy atom. The predicted octanol–water partition coefficient (Wildman–Crippen LogP) is 2.12. The van der Waals surface area contributed by atoms with Gasteiger partial charge in [0.05, 0.1) is 23.8 Å². The molecule has 2 heterocycles. The molecular weight excluding hydrogens is 238 g/mol. The van der Waals surface area contributed by atoms with Crippen molar-refractivity contribution in [3.63, 3.8) is 0 Å². The summed E-state index contributed by atoms with van der Waals surface area (Å²) < 4.78 is 5.33. The van der Waals surface area contributed by atoms with Crippen LogP contribution >= 0.6 is 11.3 Å². The van der Waals surface area contributed by atoms with Gasteiger partial charge in [-0.05, 0) is 19.3 Å². The summed E-state index contributed by atoms with van der Waals surface area (Å²) >= 11 is 1.64. The van der Waals surface area contributed by atoms with Crippen molar-refractivity contribution in [2.45, 2.75) is 25.3 Å². The van der Waals surface area contributed by atoms with Gasteiger partial charge in [-0.25, -0.2) is 4.98 Å². The van der Waals surface area contributed by atoms with Crippen molar-refractivity contribution in [2.24, 2.45) is 5.18 Å². The number of nitrogens with zero attached hydrogens (tertiary/aromatic N) is 3. The molecule has 1 aliphatic carbocycles. The first-order valence-electron chi connectivity index (χ1n) is 6.03. The SMILES string of the molecule is O=NC1CCCc2nc(N3CCOCC3)sc21. The van der Waals surface area contributed by atoms with Gasteiger partial charge < -0.3 is 9.64 Å². The summed E-state index contributed by atoms with van der Waals surface area (Å²) in [6.45, 7) is 3.32. The molecule has 17 heavy (non-hydrogen) atoms. The number of aromatic nitrogens is 1. The van der Waals surface area contributed by atoms with Crippen molar-refractivity contribution in [1.82, 2.24) is 4.98 Å². The van der Waals surface area contributed by atoms with Crippen LogP contribution in [0.25, 0.3) is 0 Å². The number of thiazole rings is 1. The Morgan fingerprint density at radius 3 is 3.00 bits per heavy atom. The Labute approximate surface area is 104 Å². The zero-order valence-corrected chi connectivity index (χ0v) is 10.4. The van der Waals surface area contributed by atoms with Crippen LogP contribution in [-0.2, 0) is 11.2 Å². The van der Waals surface area contributed by atoms with Gasteiger partial charge in [0, 0.05) is 13.1 Å². The third-order valence-corrected chi connectivity index (χ3v) is 4.58. The second-order valence-corrected chi connectivity index (χ2v) is 5.43. The monoisotopic (exact) mass is 253 g/mol. The normalized spacial score (nSPS) is 24.5. The number of morpholine rings is 1. The standard InChI is InChI=1S/C11H15N3O2S/c15-13-9-3-1-2-8-10(9)17-11(12-8)14-4-6-16-7-5-14/h9H,1-7H2. The van der Waals surface area contributed by atoms with Crippen molar-refractivity contribution < 1.29 is 4.74 Å². The molecule has 5 nitrogen and oxygen atoms in total. The highest BCUT2D eigenvalue weighted by Gasteiger charge is 2.27. The van der Waals surface area contributed by atoms with Gasteiger partial charge in [0.1, 0.15) is 6.04 Å². The molecule has 0 amide bonds. The fourth-order valence-electron chi connectivity index (χ4n) is 2.37. The van der Waals surface area contributed by atoms with Crippen LogP contribution in [-0.4, -0.2) is 31.3 Å². The summed E-state index contributed by atoms with van der Waals surface area (Å²) in [5.41, 5.74) is 1.09. The number of rotatable bonds is 2. The van der Waals surface area contributed by atoms with Crippen molar-refractivity contribution in [2.75, 3.05) is 31.2 Å². The first kappa shape index (κ1) is 11.1. The average Bonchev–Trinajstić information content (AvgIpc) is 2.83. The van der Waals surface area contributed by atoms with Crippen LogP contribution in [0.3, 0.4) is 0 Å². The zero-order chi connectivity index (χ0) is 11.7. The van der Waals surface area contributed by atoms with Crippen LogP contribution in [0.4, 0.5) is 5.13 Å². The Hall–Kier alpha value is -1.01. The molecule has 3 rings (SSSR count). The van der Waals surface area contributed by atoms with Crippen molar-refractivity contribution in [3.05, 3.63) is 15.5 Å². The molecule has 0 aromatic carbocycles. The quantitative estimate of drug-likeness (QED) is 0.758. The van der Waals surface area contributed by atoms with E-state index in [1.165, 1.54) is 0 Å². The number of hydrogen-bond donors (Lipinski definition) is 0. The second kappa shape index (κ2) is 4.70. The van der Waals surface area contributed by atoms with Gasteiger partial charge in [-0.2, -0.15) is 4.91 Å². The number of aryl methyl sites for hydroxylation is 1. The first-order valence-corrected chi connectivity index (χ1v) is 6.85. The minimum atomic E-state index is -0.161. The highest BCUT2D eigenvalue weighted by Crippen LogP contribution is 2.39. The molecule has 1 saturated heterocycles. The number of fused-ring (bicyclic) bond motifs is 1. The second-order valence-electron chi connectivity index (χ2n) is 4.42. The summed E-state index contributed by atoms with van der Waals surface area (Å²) in [5, 5.41) is 4.26. The lowest BCUT2D eigenvalue weighted by Gasteiger charge is -2.26. The minimum absolute atomic E-state index is 0.161. The molecule has 1 aliphatic heterocycles. The molecule has 0 N–H and O–H groups in total. The van der Waals surface area contributed by atoms with Gasteiger partial charge in [0.15, 0.2) is 5.13 Å². The molecule has 1 aromatic heterocycles. The largest absolute Gasteiger partial charge is 0.378 e. The van der Waals surface area contributed by atoms with Crippen LogP contribution in [0.5, 0.6) is 0 Å². The zero-order valence-electron chi connectivity index (χ0n) is 9.59. The van der Waals surface area contributed by atoms with Gasteiger partial charge >= 0.3 is 0 Å². The molecule has 0 saturated carbocycles. The van der Waals surface area contributed by atoms with E-state index in [4.69, 9.17) is 4.74 Å². The molecule has 92 valence electrons. The Bertz CT molecular complexity index is 415. The highest BCUT2D eigenvalue weighted by atomic mass is 32.1. The van der Waals surface area contributed by atoms with Gasteiger partial charge in [0.2, 0.25) is 0 Å². The van der Waals surface area contributed by atoms with E-state index < -0.39 is 0 Å². The summed E-state index contributed by atoms with van der Waals surface area (Å²) in [6.07, 6.45) is 2.89. The predicted molar refractivity (Wildman–Crippen MR) is 66.6 cm³/mol. The summed E-state index contributed by atoms with van der Waals surface area (Å²) in [5.74, 6) is 0. The van der Waals surface area contributed by atoms with Gasteiger partial charge in [0.25, 0.3) is 0 Å². The first-order chi connectivity index (χ1) is 8.38. The van der Waals surface area contributed by atoms with Crippen LogP contribution in [0.1, 0.15) is 29.5 Å². The Balaban J connectivity index is 1.87. The van der Waals surface area contributed by atoms with E-state index in [2.05, 4.69) is 15.1 Å². The van der Waals surface area contributed by atoms with Gasteiger partial charge in [-0.3, -0.25) is 0 Å². The van der Waals surface area contributed by atoms with E-state index in [-0.39, 0.29) is 6.04 Å². The number of ether oxygens (including phenoxy) is 1. The van der Waals surface area contributed by atoms with Gasteiger partial charge in [-0.15, -0.1) is 0 Å². The highest BCUT2D eigenvalue weighted by molar-refractivity contribution is 7.15. The fraction of sp³-hybridized carbons (Fsp3) is 0.727. The van der Waals surface area contributed by atoms with E-state index in [0.29, 0.717) is 0 Å². The fourth-order valence-corrected chi connectivity index (χ4v) is 3.60. The molecule has 1 aromatic rings. The summed E-state index contributed by atoms with van der Waals surface area (Å²) in [4.78, 5) is 18.8. The molecule has 1 unspecified atom stereocenters. The third kappa shape index (κ3) is 2.07. The van der Waals surface area contributed by atoms with Crippen LogP contribution in [0, 0.1) is 4.91 Å². The van der Waals surface area contributed by atoms with E-state index >= 15 is 0 Å². The maximum absolute atomic E-state index is 10.8. The van der Waals surface area contributed by atoms with Crippen LogP contribution < -0.4 is 4.90 Å². The maximum atomic E-state index is 10.8. The molecule has 1 fully saturated rings. The molecular formula is C11H15N3O2S. The Morgan fingerprint density at radius 2 is 2.24 bits per heavy atom. The molecule has 1 atom stereocenters. The number of anilines is 1. The van der Waals surface area contributed by atoms with E-state index in [9.17, 15) is 4.91 Å². The van der Waals surface area contributed by atoms with Gasteiger partial charge in [-0.1, -0.05) is 16.5 Å². The molecule has 0 spiro atoms. The average molecular weight is 253 g/mol. The van der Waals surface area contributed by atoms with Crippen molar-refractivity contribution >= 4 is 16.5 Å². The number of nitroso groups, excluding NO2 is 1. The lowest BCUT2D eigenvalue weighted by Crippen LogP contribution is -2.36. The molecule has 0 radical (unpaired) electrons. The lowest BCUT2D eigenvalue weighted by molar-refractivity contribution is 0.122. The summed E-state index contributed by atoms with van der Waals surface area (Å²) in [6, 6.07) is -0.161. The van der Waals surface area contributed by atoms with Crippen LogP contribution in [0.2, 0.25) is 0 Å². The van der Waals surface area contributed by atoms with Crippen molar-refractivity contribution in [3.8, 4) is 0 Å². The molecule has 6 heteroatoms. The van der Waals surface area contributed by atoms with E-state index in [1.54, 1.807) is 11.3 Å². The van der Waals surface area contributed by atoms with Crippen molar-refractivity contribution in [1.29, 1.82) is 0 Å². The van der Waals surface area contributed by atoms with E-state index in [0.717, 1.165) is 61.3 Å². The minimum Gasteiger partial charge on any atom is -0.378 e. The smallest absolute Gasteiger partial charge is 0.186 e. The topological polar surface area (TPSA) is 54.8 Å². The Kier molecular flexibility index (Phi) is 3.07. The van der Waals surface area contributed by atoms with Crippen LogP contribution in [0.15, 0.2) is 5.18 Å². The third-order valence-electron chi connectivity index (χ3n) is 3.32. The number of hydrogen-bond acceptors (Lipinski definition) is 6. The molecule has 2 aliphatic rings.